The number of imide groups is 2. The average molecular weight is 427 g/mol. The Kier molecular flexibility index (Phi) is 5.86. The van der Waals surface area contributed by atoms with E-state index >= 15 is 0 Å². The Hall–Kier alpha value is -4.41. The van der Waals surface area contributed by atoms with E-state index in [0.717, 1.165) is 17.0 Å². The molecule has 2 N–H and O–H groups in total. The van der Waals surface area contributed by atoms with Gasteiger partial charge in [0, 0.05) is 6.07 Å². The van der Waals surface area contributed by atoms with Crippen molar-refractivity contribution in [1.82, 2.24) is 5.32 Å². The molecule has 0 unspecified atom stereocenters. The first-order chi connectivity index (χ1) is 14.8. The molecule has 4 amide bonds. The Morgan fingerprint density at radius 3 is 2.45 bits per heavy atom. The Morgan fingerprint density at radius 2 is 1.87 bits per heavy atom. The molecule has 0 aromatic heterocycles. The van der Waals surface area contributed by atoms with E-state index < -0.39 is 39.8 Å². The van der Waals surface area contributed by atoms with Crippen LogP contribution in [0.2, 0.25) is 0 Å². The highest BCUT2D eigenvalue weighted by Crippen LogP contribution is 2.38. The molecule has 31 heavy (non-hydrogen) atoms. The van der Waals surface area contributed by atoms with Crippen LogP contribution in [0.4, 0.5) is 16.2 Å². The van der Waals surface area contributed by atoms with Crippen molar-refractivity contribution in [3.8, 4) is 17.2 Å². The van der Waals surface area contributed by atoms with Gasteiger partial charge in [-0.25, -0.2) is 9.69 Å². The predicted molar refractivity (Wildman–Crippen MR) is 108 cm³/mol. The van der Waals surface area contributed by atoms with E-state index in [-0.39, 0.29) is 23.6 Å². The molecule has 0 aliphatic carbocycles. The highest BCUT2D eigenvalue weighted by atomic mass is 16.6. The van der Waals surface area contributed by atoms with Crippen molar-refractivity contribution in [2.24, 2.45) is 0 Å². The van der Waals surface area contributed by atoms with Crippen molar-refractivity contribution >= 4 is 35.3 Å². The van der Waals surface area contributed by atoms with Crippen LogP contribution >= 0.6 is 0 Å². The molecule has 0 radical (unpaired) electrons. The second kappa shape index (κ2) is 8.53. The number of rotatable bonds is 6. The topological polar surface area (TPSA) is 148 Å². The van der Waals surface area contributed by atoms with Crippen LogP contribution in [0.25, 0.3) is 6.08 Å². The van der Waals surface area contributed by atoms with Crippen LogP contribution in [0.1, 0.15) is 12.5 Å². The summed E-state index contributed by atoms with van der Waals surface area (Å²) in [5.41, 5.74) is -0.855. The van der Waals surface area contributed by atoms with Crippen LogP contribution in [0.5, 0.6) is 17.2 Å². The van der Waals surface area contributed by atoms with Crippen LogP contribution < -0.4 is 19.7 Å². The molecule has 1 heterocycles. The number of phenols is 1. The summed E-state index contributed by atoms with van der Waals surface area (Å²) in [4.78, 5) is 48.7. The summed E-state index contributed by atoms with van der Waals surface area (Å²) in [6, 6.07) is 7.28. The van der Waals surface area contributed by atoms with E-state index in [4.69, 9.17) is 9.47 Å². The first-order valence-corrected chi connectivity index (χ1v) is 8.96. The maximum absolute atomic E-state index is 12.9. The van der Waals surface area contributed by atoms with Gasteiger partial charge in [0.1, 0.15) is 11.3 Å². The lowest BCUT2D eigenvalue weighted by atomic mass is 10.1. The molecule has 0 bridgehead atoms. The number of ether oxygens (including phenoxy) is 2. The molecule has 0 spiro atoms. The molecule has 1 aliphatic heterocycles. The second-order valence-electron chi connectivity index (χ2n) is 6.23. The van der Waals surface area contributed by atoms with Gasteiger partial charge in [-0.1, -0.05) is 0 Å². The minimum atomic E-state index is -0.964. The number of nitrogens with one attached hydrogen (secondary N) is 1. The molecule has 160 valence electrons. The Morgan fingerprint density at radius 1 is 1.19 bits per heavy atom. The van der Waals surface area contributed by atoms with E-state index in [9.17, 15) is 29.6 Å². The van der Waals surface area contributed by atoms with Crippen molar-refractivity contribution in [2.75, 3.05) is 18.6 Å². The first-order valence-electron chi connectivity index (χ1n) is 8.96. The fraction of sp³-hybridized carbons (Fsp3) is 0.150. The van der Waals surface area contributed by atoms with Crippen molar-refractivity contribution in [1.29, 1.82) is 0 Å². The lowest BCUT2D eigenvalue weighted by Gasteiger charge is -2.26. The highest BCUT2D eigenvalue weighted by Gasteiger charge is 2.37. The standard InChI is InChI=1S/C20H17N3O8/c1-3-31-16-10-11(9-15(17(16)24)23(28)29)8-14-18(25)21-20(27)22(19(14)26)12-4-6-13(30-2)7-5-12/h4-10,24H,3H2,1-2H3,(H,21,25,27). The van der Waals surface area contributed by atoms with Gasteiger partial charge in [0.25, 0.3) is 11.8 Å². The summed E-state index contributed by atoms with van der Waals surface area (Å²) in [6.45, 7) is 1.73. The van der Waals surface area contributed by atoms with Gasteiger partial charge >= 0.3 is 11.7 Å². The molecule has 3 rings (SSSR count). The zero-order valence-electron chi connectivity index (χ0n) is 16.4. The lowest BCUT2D eigenvalue weighted by Crippen LogP contribution is -2.54. The van der Waals surface area contributed by atoms with Crippen molar-refractivity contribution in [3.05, 3.63) is 57.6 Å². The number of barbiturate groups is 1. The summed E-state index contributed by atoms with van der Waals surface area (Å²) < 4.78 is 10.2. The normalized spacial score (nSPS) is 15.1. The monoisotopic (exact) mass is 427 g/mol. The van der Waals surface area contributed by atoms with Crippen molar-refractivity contribution < 1.29 is 33.9 Å². The lowest BCUT2D eigenvalue weighted by molar-refractivity contribution is -0.386. The minimum Gasteiger partial charge on any atom is -0.500 e. The van der Waals surface area contributed by atoms with Crippen molar-refractivity contribution in [2.45, 2.75) is 6.92 Å². The van der Waals surface area contributed by atoms with Crippen LogP contribution in [0.3, 0.4) is 0 Å². The number of aromatic hydroxyl groups is 1. The van der Waals surface area contributed by atoms with Gasteiger partial charge in [0.05, 0.1) is 24.3 Å². The van der Waals surface area contributed by atoms with E-state index in [1.54, 1.807) is 6.92 Å². The maximum Gasteiger partial charge on any atom is 0.335 e. The van der Waals surface area contributed by atoms with Gasteiger partial charge in [-0.15, -0.1) is 0 Å². The summed E-state index contributed by atoms with van der Waals surface area (Å²) in [5.74, 6) is -2.25. The van der Waals surface area contributed by atoms with Gasteiger partial charge < -0.3 is 14.6 Å². The van der Waals surface area contributed by atoms with Crippen LogP contribution in [0.15, 0.2) is 42.0 Å². The van der Waals surface area contributed by atoms with Gasteiger partial charge in [0.2, 0.25) is 5.75 Å². The molecule has 0 saturated carbocycles. The van der Waals surface area contributed by atoms with Crippen LogP contribution in [-0.4, -0.2) is 41.6 Å². The number of nitro benzene ring substituents is 1. The number of carbonyl (C=O) groups is 3. The second-order valence-corrected chi connectivity index (χ2v) is 6.23. The van der Waals surface area contributed by atoms with E-state index in [0.29, 0.717) is 5.75 Å². The summed E-state index contributed by atoms with van der Waals surface area (Å²) in [5, 5.41) is 23.3. The number of urea groups is 1. The smallest absolute Gasteiger partial charge is 0.335 e. The number of hydrogen-bond acceptors (Lipinski definition) is 8. The number of nitro groups is 1. The Labute approximate surface area is 175 Å². The maximum atomic E-state index is 12.9. The molecule has 11 heteroatoms. The number of amides is 4. The van der Waals surface area contributed by atoms with Gasteiger partial charge in [0.15, 0.2) is 5.75 Å². The molecule has 1 saturated heterocycles. The third-order valence-corrected chi connectivity index (χ3v) is 4.32. The summed E-state index contributed by atoms with van der Waals surface area (Å²) in [7, 11) is 1.46. The Bertz CT molecular complexity index is 1110. The molecule has 1 aliphatic rings. The third-order valence-electron chi connectivity index (χ3n) is 4.32. The molecule has 0 atom stereocenters. The van der Waals surface area contributed by atoms with E-state index in [2.05, 4.69) is 5.32 Å². The van der Waals surface area contributed by atoms with Gasteiger partial charge in [-0.3, -0.25) is 25.0 Å². The fourth-order valence-corrected chi connectivity index (χ4v) is 2.89. The number of hydrogen-bond donors (Lipinski definition) is 2. The minimum absolute atomic E-state index is 0.0514. The zero-order valence-corrected chi connectivity index (χ0v) is 16.4. The number of methoxy groups -OCH3 is 1. The number of benzene rings is 2. The van der Waals surface area contributed by atoms with Crippen molar-refractivity contribution in [3.63, 3.8) is 0 Å². The summed E-state index contributed by atoms with van der Waals surface area (Å²) >= 11 is 0. The fourth-order valence-electron chi connectivity index (χ4n) is 2.89. The quantitative estimate of drug-likeness (QED) is 0.309. The number of phenolic OH excluding ortho intramolecular Hbond substituents is 1. The number of nitrogens with zero attached hydrogens (tertiary/aromatic N) is 2. The molecular formula is C20H17N3O8. The molecule has 2 aromatic carbocycles. The molecular weight excluding hydrogens is 410 g/mol. The van der Waals surface area contributed by atoms with E-state index in [1.807, 2.05) is 0 Å². The average Bonchev–Trinajstić information content (AvgIpc) is 2.73. The predicted octanol–water partition coefficient (Wildman–Crippen LogP) is 2.37. The van der Waals surface area contributed by atoms with E-state index in [1.165, 1.54) is 37.4 Å². The molecule has 1 fully saturated rings. The summed E-state index contributed by atoms with van der Waals surface area (Å²) in [6.07, 6.45) is 1.08. The largest absolute Gasteiger partial charge is 0.500 e. The SMILES string of the molecule is CCOc1cc(C=C2C(=O)NC(=O)N(c3ccc(OC)cc3)C2=O)cc([N+](=O)[O-])c1O. The van der Waals surface area contributed by atoms with Gasteiger partial charge in [-0.2, -0.15) is 0 Å². The van der Waals surface area contributed by atoms with Gasteiger partial charge in [-0.05, 0) is 48.9 Å². The third kappa shape index (κ3) is 4.15. The number of anilines is 1. The van der Waals surface area contributed by atoms with Crippen LogP contribution in [0, 0.1) is 10.1 Å². The molecule has 2 aromatic rings. The molecule has 11 nitrogen and oxygen atoms in total. The first kappa shape index (κ1) is 21.3. The highest BCUT2D eigenvalue weighted by molar-refractivity contribution is 6.39. The zero-order chi connectivity index (χ0) is 22.7. The van der Waals surface area contributed by atoms with Crippen LogP contribution in [-0.2, 0) is 9.59 Å². The number of carbonyl (C=O) groups excluding carboxylic acids is 3. The Balaban J connectivity index is 2.06.